The Hall–Kier alpha value is -0.160. The molecule has 0 bridgehead atoms. The minimum atomic E-state index is -0.292. The average Bonchev–Trinajstić information content (AvgIpc) is 2.79. The standard InChI is InChI=1S/C16H33N3O/c1-14(2)12-19-10-8-18(9-11-19)7-5-15-4-3-6-16(15,17)13-20/h14-15,20H,3-13,17H2,1-2H3. The quantitative estimate of drug-likeness (QED) is 0.767. The Morgan fingerprint density at radius 2 is 1.85 bits per heavy atom. The summed E-state index contributed by atoms with van der Waals surface area (Å²) in [6, 6.07) is 0. The smallest absolute Gasteiger partial charge is 0.0613 e. The number of rotatable bonds is 6. The number of hydrogen-bond acceptors (Lipinski definition) is 4. The maximum Gasteiger partial charge on any atom is 0.0613 e. The number of nitrogens with two attached hydrogens (primary N) is 1. The lowest BCUT2D eigenvalue weighted by Gasteiger charge is -2.37. The van der Waals surface area contributed by atoms with Gasteiger partial charge in [0.25, 0.3) is 0 Å². The van der Waals surface area contributed by atoms with Gasteiger partial charge in [-0.15, -0.1) is 0 Å². The van der Waals surface area contributed by atoms with Crippen molar-refractivity contribution in [1.82, 2.24) is 9.80 Å². The van der Waals surface area contributed by atoms with E-state index in [4.69, 9.17) is 5.73 Å². The lowest BCUT2D eigenvalue weighted by atomic mass is 9.86. The van der Waals surface area contributed by atoms with Crippen molar-refractivity contribution in [2.45, 2.75) is 45.1 Å². The molecule has 0 spiro atoms. The van der Waals surface area contributed by atoms with Gasteiger partial charge in [-0.05, 0) is 37.6 Å². The van der Waals surface area contributed by atoms with E-state index in [2.05, 4.69) is 23.6 Å². The molecule has 1 saturated carbocycles. The van der Waals surface area contributed by atoms with E-state index >= 15 is 0 Å². The summed E-state index contributed by atoms with van der Waals surface area (Å²) in [5.74, 6) is 1.28. The van der Waals surface area contributed by atoms with Crippen LogP contribution in [0, 0.1) is 11.8 Å². The van der Waals surface area contributed by atoms with E-state index in [1.165, 1.54) is 45.6 Å². The van der Waals surface area contributed by atoms with Gasteiger partial charge < -0.3 is 20.6 Å². The van der Waals surface area contributed by atoms with Crippen LogP contribution < -0.4 is 5.73 Å². The first-order chi connectivity index (χ1) is 9.53. The Morgan fingerprint density at radius 1 is 1.20 bits per heavy atom. The number of hydrogen-bond donors (Lipinski definition) is 2. The van der Waals surface area contributed by atoms with E-state index in [9.17, 15) is 5.11 Å². The van der Waals surface area contributed by atoms with Crippen LogP contribution >= 0.6 is 0 Å². The molecule has 1 aliphatic carbocycles. The zero-order chi connectivity index (χ0) is 14.6. The van der Waals surface area contributed by atoms with Crippen LogP contribution in [0.15, 0.2) is 0 Å². The lowest BCUT2D eigenvalue weighted by molar-refractivity contribution is 0.104. The van der Waals surface area contributed by atoms with Gasteiger partial charge in [0.05, 0.1) is 6.61 Å². The molecule has 2 fully saturated rings. The topological polar surface area (TPSA) is 52.7 Å². The van der Waals surface area contributed by atoms with Crippen molar-refractivity contribution in [3.05, 3.63) is 0 Å². The fourth-order valence-corrected chi connectivity index (χ4v) is 3.86. The Bertz CT molecular complexity index is 289. The summed E-state index contributed by atoms with van der Waals surface area (Å²) in [6.07, 6.45) is 4.53. The summed E-state index contributed by atoms with van der Waals surface area (Å²) >= 11 is 0. The van der Waals surface area contributed by atoms with Gasteiger partial charge in [0, 0.05) is 38.3 Å². The molecule has 0 radical (unpaired) electrons. The van der Waals surface area contributed by atoms with Gasteiger partial charge >= 0.3 is 0 Å². The SMILES string of the molecule is CC(C)CN1CCN(CCC2CCCC2(N)CO)CC1. The predicted molar refractivity (Wildman–Crippen MR) is 83.7 cm³/mol. The van der Waals surface area contributed by atoms with Crippen molar-refractivity contribution in [3.8, 4) is 0 Å². The van der Waals surface area contributed by atoms with Crippen molar-refractivity contribution >= 4 is 0 Å². The van der Waals surface area contributed by atoms with Crippen LogP contribution in [0.25, 0.3) is 0 Å². The van der Waals surface area contributed by atoms with Crippen LogP contribution in [0.5, 0.6) is 0 Å². The van der Waals surface area contributed by atoms with E-state index in [1.807, 2.05) is 0 Å². The maximum atomic E-state index is 9.51. The second kappa shape index (κ2) is 7.21. The van der Waals surface area contributed by atoms with Crippen LogP contribution in [-0.4, -0.2) is 66.3 Å². The number of aliphatic hydroxyl groups is 1. The Morgan fingerprint density at radius 3 is 2.45 bits per heavy atom. The van der Waals surface area contributed by atoms with E-state index in [-0.39, 0.29) is 12.1 Å². The Kier molecular flexibility index (Phi) is 5.84. The van der Waals surface area contributed by atoms with Crippen LogP contribution in [0.1, 0.15) is 39.5 Å². The Balaban J connectivity index is 1.68. The predicted octanol–water partition coefficient (Wildman–Crippen LogP) is 1.14. The number of piperazine rings is 1. The normalized spacial score (nSPS) is 33.1. The van der Waals surface area contributed by atoms with E-state index in [0.717, 1.165) is 25.3 Å². The lowest BCUT2D eigenvalue weighted by Crippen LogP contribution is -2.50. The van der Waals surface area contributed by atoms with Gasteiger partial charge in [-0.25, -0.2) is 0 Å². The summed E-state index contributed by atoms with van der Waals surface area (Å²) in [6.45, 7) is 11.9. The molecule has 0 aromatic carbocycles. The van der Waals surface area contributed by atoms with E-state index in [0.29, 0.717) is 5.92 Å². The minimum absolute atomic E-state index is 0.153. The van der Waals surface area contributed by atoms with Crippen molar-refractivity contribution in [2.75, 3.05) is 45.9 Å². The molecule has 3 N–H and O–H groups in total. The van der Waals surface area contributed by atoms with Crippen molar-refractivity contribution in [3.63, 3.8) is 0 Å². The molecule has 0 aromatic rings. The molecule has 4 nitrogen and oxygen atoms in total. The number of nitrogens with zero attached hydrogens (tertiary/aromatic N) is 2. The third kappa shape index (κ3) is 4.17. The van der Waals surface area contributed by atoms with Crippen LogP contribution in [-0.2, 0) is 0 Å². The van der Waals surface area contributed by atoms with Gasteiger partial charge in [-0.3, -0.25) is 0 Å². The first kappa shape index (κ1) is 16.2. The zero-order valence-electron chi connectivity index (χ0n) is 13.4. The summed E-state index contributed by atoms with van der Waals surface area (Å²) in [5.41, 5.74) is 6.03. The number of aliphatic hydroxyl groups excluding tert-OH is 1. The first-order valence-corrected chi connectivity index (χ1v) is 8.38. The summed E-state index contributed by atoms with van der Waals surface area (Å²) in [4.78, 5) is 5.16. The van der Waals surface area contributed by atoms with Crippen molar-refractivity contribution in [1.29, 1.82) is 0 Å². The Labute approximate surface area is 124 Å². The van der Waals surface area contributed by atoms with Gasteiger partial charge in [0.1, 0.15) is 0 Å². The zero-order valence-corrected chi connectivity index (χ0v) is 13.4. The summed E-state index contributed by atoms with van der Waals surface area (Å²) < 4.78 is 0. The largest absolute Gasteiger partial charge is 0.394 e. The van der Waals surface area contributed by atoms with Crippen LogP contribution in [0.3, 0.4) is 0 Å². The van der Waals surface area contributed by atoms with Gasteiger partial charge in [0.15, 0.2) is 0 Å². The third-order valence-corrected chi connectivity index (χ3v) is 5.18. The molecule has 0 amide bonds. The van der Waals surface area contributed by atoms with Crippen LogP contribution in [0.4, 0.5) is 0 Å². The highest BCUT2D eigenvalue weighted by Crippen LogP contribution is 2.35. The van der Waals surface area contributed by atoms with Gasteiger partial charge in [-0.2, -0.15) is 0 Å². The van der Waals surface area contributed by atoms with Gasteiger partial charge in [-0.1, -0.05) is 20.3 Å². The van der Waals surface area contributed by atoms with Crippen LogP contribution in [0.2, 0.25) is 0 Å². The van der Waals surface area contributed by atoms with E-state index in [1.54, 1.807) is 0 Å². The molecule has 1 aliphatic heterocycles. The molecule has 1 heterocycles. The average molecular weight is 283 g/mol. The third-order valence-electron chi connectivity index (χ3n) is 5.18. The second-order valence-corrected chi connectivity index (χ2v) is 7.31. The highest BCUT2D eigenvalue weighted by molar-refractivity contribution is 4.96. The van der Waals surface area contributed by atoms with Gasteiger partial charge in [0.2, 0.25) is 0 Å². The molecule has 20 heavy (non-hydrogen) atoms. The minimum Gasteiger partial charge on any atom is -0.394 e. The molecule has 2 atom stereocenters. The maximum absolute atomic E-state index is 9.51. The monoisotopic (exact) mass is 283 g/mol. The molecule has 2 rings (SSSR count). The van der Waals surface area contributed by atoms with Crippen molar-refractivity contribution in [2.24, 2.45) is 17.6 Å². The second-order valence-electron chi connectivity index (χ2n) is 7.31. The molecule has 2 unspecified atom stereocenters. The molecule has 0 aromatic heterocycles. The van der Waals surface area contributed by atoms with E-state index < -0.39 is 0 Å². The highest BCUT2D eigenvalue weighted by atomic mass is 16.3. The first-order valence-electron chi connectivity index (χ1n) is 8.38. The highest BCUT2D eigenvalue weighted by Gasteiger charge is 2.38. The molecule has 4 heteroatoms. The molecular formula is C16H33N3O. The fourth-order valence-electron chi connectivity index (χ4n) is 3.86. The summed E-state index contributed by atoms with van der Waals surface area (Å²) in [5, 5.41) is 9.51. The fraction of sp³-hybridized carbons (Fsp3) is 1.00. The molecule has 2 aliphatic rings. The molecular weight excluding hydrogens is 250 g/mol. The molecule has 1 saturated heterocycles. The summed E-state index contributed by atoms with van der Waals surface area (Å²) in [7, 11) is 0. The molecule has 118 valence electrons. The van der Waals surface area contributed by atoms with Crippen molar-refractivity contribution < 1.29 is 5.11 Å².